The van der Waals surface area contributed by atoms with Crippen molar-refractivity contribution in [3.63, 3.8) is 0 Å². The lowest BCUT2D eigenvalue weighted by molar-refractivity contribution is -0.122. The Hall–Kier alpha value is -3.40. The van der Waals surface area contributed by atoms with Gasteiger partial charge in [-0.15, -0.1) is 10.2 Å². The van der Waals surface area contributed by atoms with E-state index in [-0.39, 0.29) is 18.3 Å². The first-order valence-electron chi connectivity index (χ1n) is 11.2. The number of carboxylic acid groups (broad SMARTS) is 1. The van der Waals surface area contributed by atoms with E-state index in [9.17, 15) is 8.78 Å². The van der Waals surface area contributed by atoms with Gasteiger partial charge in [0.1, 0.15) is 11.4 Å². The molecule has 3 heterocycles. The molecule has 3 aromatic rings. The topological polar surface area (TPSA) is 100 Å². The third-order valence-corrected chi connectivity index (χ3v) is 6.07. The number of rotatable bonds is 6. The molecule has 5 rings (SSSR count). The molecular formula is C24H27F2N5O3. The molecule has 8 nitrogen and oxygen atoms in total. The van der Waals surface area contributed by atoms with E-state index in [1.807, 2.05) is 18.2 Å². The Morgan fingerprint density at radius 2 is 2.00 bits per heavy atom. The molecule has 34 heavy (non-hydrogen) atoms. The van der Waals surface area contributed by atoms with Crippen LogP contribution in [0.5, 0.6) is 5.75 Å². The molecule has 0 radical (unpaired) electrons. The van der Waals surface area contributed by atoms with E-state index in [0.29, 0.717) is 23.0 Å². The number of nitrogens with zero attached hydrogens (tertiary/aromatic N) is 4. The van der Waals surface area contributed by atoms with E-state index >= 15 is 0 Å². The number of benzene rings is 1. The van der Waals surface area contributed by atoms with Gasteiger partial charge in [0.15, 0.2) is 5.82 Å². The van der Waals surface area contributed by atoms with Crippen LogP contribution >= 0.6 is 0 Å². The summed E-state index contributed by atoms with van der Waals surface area (Å²) in [6, 6.07) is 7.64. The number of likely N-dealkylation sites (tertiary alicyclic amines) is 1. The van der Waals surface area contributed by atoms with Crippen molar-refractivity contribution in [3.05, 3.63) is 42.2 Å². The van der Waals surface area contributed by atoms with Crippen LogP contribution in [0.2, 0.25) is 0 Å². The number of piperidine rings is 1. The normalized spacial score (nSPS) is 18.3. The van der Waals surface area contributed by atoms with Crippen LogP contribution in [0.1, 0.15) is 37.2 Å². The smallest absolute Gasteiger partial charge is 0.387 e. The minimum atomic E-state index is -2.90. The average Bonchev–Trinajstić information content (AvgIpc) is 3.65. The lowest BCUT2D eigenvalue weighted by atomic mass is 10.0. The number of likely N-dealkylation sites (N-methyl/N-ethyl adjacent to an activating group) is 1. The van der Waals surface area contributed by atoms with Gasteiger partial charge in [0.05, 0.1) is 0 Å². The fourth-order valence-corrected chi connectivity index (χ4v) is 4.38. The number of nitrogens with one attached hydrogen (secondary N) is 1. The zero-order valence-corrected chi connectivity index (χ0v) is 18.8. The third kappa shape index (κ3) is 5.56. The average molecular weight is 472 g/mol. The maximum absolute atomic E-state index is 13.2. The van der Waals surface area contributed by atoms with Crippen LogP contribution < -0.4 is 10.1 Å². The quantitative estimate of drug-likeness (QED) is 0.511. The molecule has 0 bridgehead atoms. The van der Waals surface area contributed by atoms with Crippen LogP contribution in [0.4, 0.5) is 14.6 Å². The predicted molar refractivity (Wildman–Crippen MR) is 124 cm³/mol. The van der Waals surface area contributed by atoms with Gasteiger partial charge in [-0.1, -0.05) is 6.07 Å². The highest BCUT2D eigenvalue weighted by molar-refractivity contribution is 6.00. The summed E-state index contributed by atoms with van der Waals surface area (Å²) in [6.07, 6.45) is 7.77. The lowest BCUT2D eigenvalue weighted by Crippen LogP contribution is -2.40. The number of pyridine rings is 1. The third-order valence-electron chi connectivity index (χ3n) is 6.07. The summed E-state index contributed by atoms with van der Waals surface area (Å²) < 4.78 is 31.2. The second-order valence-electron chi connectivity index (χ2n) is 8.58. The number of hydrogen-bond donors (Lipinski definition) is 2. The fourth-order valence-electron chi connectivity index (χ4n) is 4.38. The fraction of sp³-hybridized carbons (Fsp3) is 0.417. The maximum Gasteiger partial charge on any atom is 0.387 e. The summed E-state index contributed by atoms with van der Waals surface area (Å²) in [7, 11) is 2.11. The van der Waals surface area contributed by atoms with E-state index in [2.05, 4.69) is 32.4 Å². The molecule has 0 unspecified atom stereocenters. The van der Waals surface area contributed by atoms with Crippen LogP contribution in [0.15, 0.2) is 36.7 Å². The molecule has 1 aliphatic carbocycles. The first kappa shape index (κ1) is 23.7. The second kappa shape index (κ2) is 10.7. The van der Waals surface area contributed by atoms with Gasteiger partial charge in [-0.2, -0.15) is 8.78 Å². The highest BCUT2D eigenvalue weighted by Crippen LogP contribution is 2.44. The Balaban J connectivity index is 0.000000868. The minimum Gasteiger partial charge on any atom is -0.483 e. The number of hydrogen-bond acceptors (Lipinski definition) is 7. The summed E-state index contributed by atoms with van der Waals surface area (Å²) >= 11 is 0. The number of aromatic nitrogens is 3. The standard InChI is InChI=1S/C23H25F2N5O.CH2O2/c1-30-10-2-3-16(13-30)27-22-19-12-26-9-8-17(19)21(28-29-22)18-7-6-15(14-4-5-14)11-20(18)31-23(24)25;2-1-3/h6-9,11-12,14,16,23H,2-5,10,13H2,1H3,(H,27,29);1H,(H,2,3)/t16-;/m1./s1. The number of ether oxygens (including phenoxy) is 1. The highest BCUT2D eigenvalue weighted by Gasteiger charge is 2.26. The monoisotopic (exact) mass is 471 g/mol. The van der Waals surface area contributed by atoms with Gasteiger partial charge in [0, 0.05) is 41.3 Å². The molecule has 2 aromatic heterocycles. The minimum absolute atomic E-state index is 0.140. The first-order valence-corrected chi connectivity index (χ1v) is 11.2. The molecule has 0 amide bonds. The van der Waals surface area contributed by atoms with Gasteiger partial charge in [0.25, 0.3) is 6.47 Å². The van der Waals surface area contributed by atoms with E-state index in [4.69, 9.17) is 14.6 Å². The van der Waals surface area contributed by atoms with Gasteiger partial charge in [-0.05, 0) is 69.0 Å². The molecule has 180 valence electrons. The molecule has 1 aromatic carbocycles. The molecule has 2 fully saturated rings. The molecule has 1 saturated heterocycles. The molecule has 1 saturated carbocycles. The number of anilines is 1. The van der Waals surface area contributed by atoms with Crippen molar-refractivity contribution in [2.75, 3.05) is 25.5 Å². The number of carbonyl (C=O) groups is 1. The summed E-state index contributed by atoms with van der Waals surface area (Å²) in [5, 5.41) is 20.9. The lowest BCUT2D eigenvalue weighted by Gasteiger charge is -2.30. The Labute approximate surface area is 196 Å². The van der Waals surface area contributed by atoms with Gasteiger partial charge in [-0.25, -0.2) is 0 Å². The Bertz CT molecular complexity index is 1140. The van der Waals surface area contributed by atoms with Crippen LogP contribution in [0.25, 0.3) is 22.0 Å². The van der Waals surface area contributed by atoms with Crippen molar-refractivity contribution in [1.82, 2.24) is 20.1 Å². The van der Waals surface area contributed by atoms with Crippen LogP contribution in [-0.4, -0.2) is 64.5 Å². The first-order chi connectivity index (χ1) is 16.5. The molecule has 1 atom stereocenters. The summed E-state index contributed by atoms with van der Waals surface area (Å²) in [5.74, 6) is 1.24. The van der Waals surface area contributed by atoms with Crippen molar-refractivity contribution in [3.8, 4) is 17.0 Å². The Kier molecular flexibility index (Phi) is 7.46. The van der Waals surface area contributed by atoms with E-state index in [1.165, 1.54) is 0 Å². The van der Waals surface area contributed by atoms with Crippen molar-refractivity contribution in [2.45, 2.75) is 44.3 Å². The maximum atomic E-state index is 13.2. The van der Waals surface area contributed by atoms with E-state index in [1.54, 1.807) is 18.5 Å². The van der Waals surface area contributed by atoms with Crippen LogP contribution in [0, 0.1) is 0 Å². The number of alkyl halides is 2. The van der Waals surface area contributed by atoms with Crippen LogP contribution in [-0.2, 0) is 4.79 Å². The molecule has 0 spiro atoms. The molecule has 10 heteroatoms. The summed E-state index contributed by atoms with van der Waals surface area (Å²) in [4.78, 5) is 14.9. The van der Waals surface area contributed by atoms with E-state index < -0.39 is 6.61 Å². The summed E-state index contributed by atoms with van der Waals surface area (Å²) in [6.45, 7) is -1.13. The number of fused-ring (bicyclic) bond motifs is 1. The van der Waals surface area contributed by atoms with Crippen molar-refractivity contribution in [1.29, 1.82) is 0 Å². The Morgan fingerprint density at radius 1 is 1.21 bits per heavy atom. The zero-order chi connectivity index (χ0) is 24.1. The van der Waals surface area contributed by atoms with Gasteiger partial charge in [0.2, 0.25) is 0 Å². The molecule has 2 N–H and O–H groups in total. The number of halogens is 2. The van der Waals surface area contributed by atoms with Crippen LogP contribution in [0.3, 0.4) is 0 Å². The predicted octanol–water partition coefficient (Wildman–Crippen LogP) is 4.38. The Morgan fingerprint density at radius 3 is 2.71 bits per heavy atom. The molecule has 2 aliphatic rings. The van der Waals surface area contributed by atoms with Crippen molar-refractivity contribution in [2.24, 2.45) is 0 Å². The summed E-state index contributed by atoms with van der Waals surface area (Å²) in [5.41, 5.74) is 2.05. The van der Waals surface area contributed by atoms with Crippen molar-refractivity contribution >= 4 is 23.1 Å². The SMILES string of the molecule is CN1CCC[C@@H](Nc2nnc(-c3ccc(C4CC4)cc3OC(F)F)c3ccncc23)C1.O=CO. The molecule has 1 aliphatic heterocycles. The van der Waals surface area contributed by atoms with Gasteiger partial charge < -0.3 is 20.1 Å². The largest absolute Gasteiger partial charge is 0.483 e. The molecular weight excluding hydrogens is 444 g/mol. The van der Waals surface area contributed by atoms with Gasteiger partial charge in [-0.3, -0.25) is 9.78 Å². The van der Waals surface area contributed by atoms with Crippen molar-refractivity contribution < 1.29 is 23.4 Å². The van der Waals surface area contributed by atoms with E-state index in [0.717, 1.165) is 55.1 Å². The second-order valence-corrected chi connectivity index (χ2v) is 8.58. The zero-order valence-electron chi connectivity index (χ0n) is 18.8. The highest BCUT2D eigenvalue weighted by atomic mass is 19.3. The van der Waals surface area contributed by atoms with Gasteiger partial charge >= 0.3 is 6.61 Å².